The molecule has 2 bridgehead atoms. The van der Waals surface area contributed by atoms with Gasteiger partial charge in [0.15, 0.2) is 5.76 Å². The second kappa shape index (κ2) is 5.10. The van der Waals surface area contributed by atoms with Gasteiger partial charge in [0.05, 0.1) is 6.54 Å². The Morgan fingerprint density at radius 3 is 2.77 bits per heavy atom. The van der Waals surface area contributed by atoms with Crippen LogP contribution < -0.4 is 5.43 Å². The van der Waals surface area contributed by atoms with Gasteiger partial charge < -0.3 is 14.6 Å². The molecule has 1 saturated heterocycles. The number of hydrogen-bond donors (Lipinski definition) is 2. The monoisotopic (exact) mass is 307 g/mol. The highest BCUT2D eigenvalue weighted by Gasteiger charge is 2.49. The Morgan fingerprint density at radius 1 is 1.36 bits per heavy atom. The summed E-state index contributed by atoms with van der Waals surface area (Å²) in [6.07, 6.45) is 3.47. The van der Waals surface area contributed by atoms with Gasteiger partial charge in [-0.05, 0) is 30.1 Å². The number of fused-ring (bicyclic) bond motifs is 2. The van der Waals surface area contributed by atoms with Gasteiger partial charge in [0.1, 0.15) is 12.4 Å². The highest BCUT2D eigenvalue weighted by atomic mass is 16.4. The van der Waals surface area contributed by atoms with Crippen LogP contribution in [0.2, 0.25) is 0 Å². The number of rotatable bonds is 3. The van der Waals surface area contributed by atoms with Gasteiger partial charge in [-0.25, -0.2) is 0 Å². The molecule has 0 spiro atoms. The molecule has 0 radical (unpaired) electrons. The van der Waals surface area contributed by atoms with E-state index in [9.17, 15) is 15.0 Å². The Kier molecular flexibility index (Phi) is 3.61. The number of aromatic hydroxyl groups is 1. The highest BCUT2D eigenvalue weighted by Crippen LogP contribution is 2.52. The lowest BCUT2D eigenvalue weighted by Crippen LogP contribution is -2.34. The van der Waals surface area contributed by atoms with Crippen LogP contribution in [0.3, 0.4) is 0 Å². The highest BCUT2D eigenvalue weighted by molar-refractivity contribution is 5.25. The molecule has 2 N–H and O–H groups in total. The molecule has 122 valence electrons. The summed E-state index contributed by atoms with van der Waals surface area (Å²) < 4.78 is 5.49. The van der Waals surface area contributed by atoms with Gasteiger partial charge in [0.25, 0.3) is 0 Å². The molecule has 5 nitrogen and oxygen atoms in total. The number of aliphatic hydroxyl groups is 1. The molecule has 3 rings (SSSR count). The van der Waals surface area contributed by atoms with Crippen LogP contribution in [-0.2, 0) is 13.2 Å². The second-order valence-corrected chi connectivity index (χ2v) is 8.13. The van der Waals surface area contributed by atoms with Crippen molar-refractivity contribution in [3.05, 3.63) is 27.8 Å². The Bertz CT molecular complexity index is 636. The Hall–Kier alpha value is -1.33. The first-order chi connectivity index (χ1) is 10.2. The van der Waals surface area contributed by atoms with Crippen molar-refractivity contribution < 1.29 is 14.6 Å². The van der Waals surface area contributed by atoms with Crippen molar-refractivity contribution in [3.63, 3.8) is 0 Å². The van der Waals surface area contributed by atoms with Crippen LogP contribution >= 0.6 is 0 Å². The normalized spacial score (nSPS) is 30.6. The van der Waals surface area contributed by atoms with Gasteiger partial charge in [0.2, 0.25) is 11.2 Å². The summed E-state index contributed by atoms with van der Waals surface area (Å²) in [6, 6.07) is 1.60. The predicted octanol–water partition coefficient (Wildman–Crippen LogP) is 2.24. The Morgan fingerprint density at radius 2 is 2.09 bits per heavy atom. The van der Waals surface area contributed by atoms with E-state index in [0.29, 0.717) is 18.0 Å². The van der Waals surface area contributed by atoms with Crippen molar-refractivity contribution in [1.29, 1.82) is 0 Å². The van der Waals surface area contributed by atoms with Crippen molar-refractivity contribution in [2.45, 2.75) is 59.2 Å². The fraction of sp³-hybridized carbons (Fsp3) is 0.706. The van der Waals surface area contributed by atoms with Crippen LogP contribution in [0.4, 0.5) is 0 Å². The van der Waals surface area contributed by atoms with E-state index in [1.54, 1.807) is 0 Å². The van der Waals surface area contributed by atoms with Crippen LogP contribution in [0.15, 0.2) is 15.3 Å². The minimum Gasteiger partial charge on any atom is -0.502 e. The summed E-state index contributed by atoms with van der Waals surface area (Å²) in [5, 5.41) is 19.1. The van der Waals surface area contributed by atoms with Crippen LogP contribution in [-0.4, -0.2) is 27.7 Å². The lowest BCUT2D eigenvalue weighted by atomic mass is 9.65. The number of likely N-dealkylation sites (tertiary alicyclic amines) is 1. The summed E-state index contributed by atoms with van der Waals surface area (Å²) in [5.41, 5.74) is 0.123. The summed E-state index contributed by atoms with van der Waals surface area (Å²) in [4.78, 5) is 14.1. The van der Waals surface area contributed by atoms with Crippen molar-refractivity contribution in [2.24, 2.45) is 10.8 Å². The summed E-state index contributed by atoms with van der Waals surface area (Å²) in [5.74, 6) is 0.139. The minimum absolute atomic E-state index is 0.200. The minimum atomic E-state index is -0.487. The predicted molar refractivity (Wildman–Crippen MR) is 82.5 cm³/mol. The van der Waals surface area contributed by atoms with Crippen LogP contribution in [0.5, 0.6) is 5.75 Å². The van der Waals surface area contributed by atoms with Gasteiger partial charge in [0, 0.05) is 18.7 Å². The molecule has 1 aromatic rings. The fourth-order valence-electron chi connectivity index (χ4n) is 4.72. The molecule has 2 fully saturated rings. The third-order valence-electron chi connectivity index (χ3n) is 5.07. The molecule has 0 unspecified atom stereocenters. The van der Waals surface area contributed by atoms with Gasteiger partial charge in [-0.2, -0.15) is 0 Å². The van der Waals surface area contributed by atoms with E-state index in [1.165, 1.54) is 6.42 Å². The summed E-state index contributed by atoms with van der Waals surface area (Å²) in [6.45, 7) is 7.98. The zero-order valence-electron chi connectivity index (χ0n) is 13.6. The number of hydrogen-bond acceptors (Lipinski definition) is 5. The quantitative estimate of drug-likeness (QED) is 0.896. The molecule has 1 aliphatic heterocycles. The fourth-order valence-corrected chi connectivity index (χ4v) is 4.72. The van der Waals surface area contributed by atoms with Gasteiger partial charge in [-0.3, -0.25) is 9.69 Å². The maximum absolute atomic E-state index is 11.7. The van der Waals surface area contributed by atoms with E-state index in [2.05, 4.69) is 25.7 Å². The van der Waals surface area contributed by atoms with Gasteiger partial charge >= 0.3 is 0 Å². The van der Waals surface area contributed by atoms with E-state index in [0.717, 1.165) is 25.5 Å². The standard InChI is InChI=1S/C17H25NO4/c1-16(2)5-11-6-17(3,9-16)10-18(11)7-14-15(21)13(20)4-12(8-19)22-14/h4,11,19,21H,5-10H2,1-3H3/t11-,17+/m1/s1. The molecule has 0 aromatic carbocycles. The Balaban J connectivity index is 1.86. The van der Waals surface area contributed by atoms with Crippen molar-refractivity contribution in [1.82, 2.24) is 4.90 Å². The number of aliphatic hydroxyl groups excluding tert-OH is 1. The second-order valence-electron chi connectivity index (χ2n) is 8.13. The third kappa shape index (κ3) is 2.79. The van der Waals surface area contributed by atoms with E-state index < -0.39 is 5.43 Å². The van der Waals surface area contributed by atoms with E-state index in [-0.39, 0.29) is 29.3 Å². The molecular weight excluding hydrogens is 282 g/mol. The lowest BCUT2D eigenvalue weighted by Gasteiger charge is -2.39. The van der Waals surface area contributed by atoms with Crippen LogP contribution in [0.1, 0.15) is 51.6 Å². The van der Waals surface area contributed by atoms with E-state index >= 15 is 0 Å². The molecule has 2 heterocycles. The molecule has 1 aliphatic carbocycles. The smallest absolute Gasteiger partial charge is 0.227 e. The van der Waals surface area contributed by atoms with Crippen molar-refractivity contribution in [2.75, 3.05) is 6.54 Å². The van der Waals surface area contributed by atoms with Crippen molar-refractivity contribution >= 4 is 0 Å². The maximum atomic E-state index is 11.7. The molecule has 5 heteroatoms. The van der Waals surface area contributed by atoms with E-state index in [4.69, 9.17) is 4.42 Å². The third-order valence-corrected chi connectivity index (χ3v) is 5.07. The Labute approximate surface area is 130 Å². The topological polar surface area (TPSA) is 73.9 Å². The first kappa shape index (κ1) is 15.6. The molecule has 2 aliphatic rings. The summed E-state index contributed by atoms with van der Waals surface area (Å²) in [7, 11) is 0. The largest absolute Gasteiger partial charge is 0.502 e. The molecule has 1 saturated carbocycles. The van der Waals surface area contributed by atoms with Crippen LogP contribution in [0, 0.1) is 10.8 Å². The van der Waals surface area contributed by atoms with Crippen molar-refractivity contribution in [3.8, 4) is 5.75 Å². The zero-order chi connectivity index (χ0) is 16.1. The van der Waals surface area contributed by atoms with E-state index in [1.807, 2.05) is 0 Å². The first-order valence-corrected chi connectivity index (χ1v) is 7.91. The van der Waals surface area contributed by atoms with Gasteiger partial charge in [-0.15, -0.1) is 0 Å². The maximum Gasteiger partial charge on any atom is 0.227 e. The average molecular weight is 307 g/mol. The molecule has 22 heavy (non-hydrogen) atoms. The molecule has 1 aromatic heterocycles. The SMILES string of the molecule is CC1(C)C[C@@H]2C[C@](C)(CN2Cc2oc(CO)cc(=O)c2O)C1. The molecule has 2 atom stereocenters. The lowest BCUT2D eigenvalue weighted by molar-refractivity contribution is 0.124. The molecular formula is C17H25NO4. The average Bonchev–Trinajstić information content (AvgIpc) is 2.63. The first-order valence-electron chi connectivity index (χ1n) is 7.91. The zero-order valence-corrected chi connectivity index (χ0v) is 13.6. The molecule has 0 amide bonds. The van der Waals surface area contributed by atoms with Crippen LogP contribution in [0.25, 0.3) is 0 Å². The number of nitrogens with zero attached hydrogens (tertiary/aromatic N) is 1. The van der Waals surface area contributed by atoms with Gasteiger partial charge in [-0.1, -0.05) is 20.8 Å². The summed E-state index contributed by atoms with van der Waals surface area (Å²) >= 11 is 0.